The van der Waals surface area contributed by atoms with Crippen LogP contribution in [0.3, 0.4) is 0 Å². The number of hydrogen-bond donors (Lipinski definition) is 2. The van der Waals surface area contributed by atoms with Gasteiger partial charge in [-0.15, -0.1) is 0 Å². The van der Waals surface area contributed by atoms with Gasteiger partial charge in [0.15, 0.2) is 17.6 Å². The third-order valence-electron chi connectivity index (χ3n) is 4.24. The lowest BCUT2D eigenvalue weighted by atomic mass is 10.1. The van der Waals surface area contributed by atoms with E-state index < -0.39 is 18.0 Å². The van der Waals surface area contributed by atoms with Crippen LogP contribution < -0.4 is 14.9 Å². The van der Waals surface area contributed by atoms with E-state index in [0.29, 0.717) is 16.9 Å². The molecule has 0 aliphatic rings. The number of aliphatic hydroxyl groups excluding tert-OH is 1. The number of nitrogens with zero attached hydrogens (tertiary/aromatic N) is 1. The van der Waals surface area contributed by atoms with Gasteiger partial charge in [0.1, 0.15) is 0 Å². The first kappa shape index (κ1) is 22.0. The van der Waals surface area contributed by atoms with Gasteiger partial charge < -0.3 is 14.6 Å². The Bertz CT molecular complexity index is 1100. The molecule has 0 radical (unpaired) electrons. The van der Waals surface area contributed by atoms with Gasteiger partial charge in [0.05, 0.1) is 23.9 Å². The van der Waals surface area contributed by atoms with E-state index in [9.17, 15) is 14.7 Å². The summed E-state index contributed by atoms with van der Waals surface area (Å²) < 4.78 is 10.7. The molecule has 0 saturated carbocycles. The second kappa shape index (κ2) is 10.4. The van der Waals surface area contributed by atoms with Gasteiger partial charge in [-0.2, -0.15) is 5.10 Å². The number of esters is 1. The van der Waals surface area contributed by atoms with Crippen molar-refractivity contribution in [2.24, 2.45) is 5.10 Å². The van der Waals surface area contributed by atoms with E-state index in [0.717, 1.165) is 0 Å². The Labute approximate surface area is 183 Å². The maximum absolute atomic E-state index is 12.4. The maximum Gasteiger partial charge on any atom is 0.345 e. The van der Waals surface area contributed by atoms with Gasteiger partial charge in [0.25, 0.3) is 5.91 Å². The normalized spacial score (nSPS) is 11.7. The summed E-state index contributed by atoms with van der Waals surface area (Å²) in [6.07, 6.45) is 0.0390. The average molecular weight is 439 g/mol. The zero-order valence-corrected chi connectivity index (χ0v) is 17.2. The van der Waals surface area contributed by atoms with Crippen LogP contribution in [0.4, 0.5) is 0 Å². The van der Waals surface area contributed by atoms with Crippen molar-refractivity contribution in [2.45, 2.75) is 6.10 Å². The number of aliphatic hydroxyl groups is 1. The summed E-state index contributed by atoms with van der Waals surface area (Å²) >= 11 is 6.03. The molecule has 0 spiro atoms. The Balaban J connectivity index is 1.66. The van der Waals surface area contributed by atoms with E-state index in [4.69, 9.17) is 21.1 Å². The third-order valence-corrected chi connectivity index (χ3v) is 4.57. The van der Waals surface area contributed by atoms with Crippen molar-refractivity contribution in [2.75, 3.05) is 7.11 Å². The van der Waals surface area contributed by atoms with Gasteiger partial charge in [0.2, 0.25) is 0 Å². The van der Waals surface area contributed by atoms with E-state index in [1.165, 1.54) is 19.4 Å². The largest absolute Gasteiger partial charge is 0.493 e. The highest BCUT2D eigenvalue weighted by Gasteiger charge is 2.17. The molecule has 0 aliphatic carbocycles. The van der Waals surface area contributed by atoms with Crippen LogP contribution in [0.15, 0.2) is 77.9 Å². The molecule has 3 rings (SSSR count). The van der Waals surface area contributed by atoms with Crippen LogP contribution in [-0.2, 0) is 4.79 Å². The Morgan fingerprint density at radius 2 is 1.74 bits per heavy atom. The van der Waals surface area contributed by atoms with Gasteiger partial charge in [0, 0.05) is 0 Å². The summed E-state index contributed by atoms with van der Waals surface area (Å²) in [5, 5.41) is 14.2. The molecule has 0 aromatic heterocycles. The molecule has 1 atom stereocenters. The Hall–Kier alpha value is -3.68. The highest BCUT2D eigenvalue weighted by Crippen LogP contribution is 2.29. The van der Waals surface area contributed by atoms with E-state index in [-0.39, 0.29) is 16.3 Å². The number of amides is 1. The molecule has 0 fully saturated rings. The zero-order valence-electron chi connectivity index (χ0n) is 16.5. The van der Waals surface area contributed by atoms with Gasteiger partial charge in [-0.05, 0) is 41.5 Å². The number of halogens is 1. The predicted octanol–water partition coefficient (Wildman–Crippen LogP) is 3.75. The van der Waals surface area contributed by atoms with Crippen molar-refractivity contribution in [3.05, 3.63) is 94.5 Å². The van der Waals surface area contributed by atoms with Crippen LogP contribution in [0.1, 0.15) is 27.6 Å². The topological polar surface area (TPSA) is 97.2 Å². The van der Waals surface area contributed by atoms with Crippen molar-refractivity contribution < 1.29 is 24.2 Å². The highest BCUT2D eigenvalue weighted by molar-refractivity contribution is 6.33. The number of benzene rings is 3. The predicted molar refractivity (Wildman–Crippen MR) is 117 cm³/mol. The molecule has 1 unspecified atom stereocenters. The number of ether oxygens (including phenoxy) is 2. The molecule has 0 aliphatic heterocycles. The second-order valence-corrected chi connectivity index (χ2v) is 6.73. The monoisotopic (exact) mass is 438 g/mol. The molecular weight excluding hydrogens is 420 g/mol. The number of nitrogens with one attached hydrogen (secondary N) is 1. The standard InChI is InChI=1S/C23H19ClN2O5/c1-30-20-13-15(14-25-26-22(28)21(27)16-7-3-2-4-8-16)11-12-19(20)31-23(29)17-9-5-6-10-18(17)24/h2-14,21,27H,1H3,(H,26,28)/b25-14+. The molecule has 158 valence electrons. The first-order valence-electron chi connectivity index (χ1n) is 9.20. The van der Waals surface area contributed by atoms with Crippen LogP contribution in [0.25, 0.3) is 0 Å². The van der Waals surface area contributed by atoms with Crippen LogP contribution in [0.5, 0.6) is 11.5 Å². The van der Waals surface area contributed by atoms with Crippen molar-refractivity contribution in [1.82, 2.24) is 5.43 Å². The summed E-state index contributed by atoms with van der Waals surface area (Å²) in [4.78, 5) is 24.4. The number of hydrazone groups is 1. The summed E-state index contributed by atoms with van der Waals surface area (Å²) in [6.45, 7) is 0. The fourth-order valence-corrected chi connectivity index (χ4v) is 2.86. The minimum atomic E-state index is -1.33. The van der Waals surface area contributed by atoms with Crippen LogP contribution >= 0.6 is 11.6 Å². The van der Waals surface area contributed by atoms with E-state index in [2.05, 4.69) is 10.5 Å². The Morgan fingerprint density at radius 3 is 2.45 bits per heavy atom. The Morgan fingerprint density at radius 1 is 1.03 bits per heavy atom. The van der Waals surface area contributed by atoms with Crippen LogP contribution in [0.2, 0.25) is 5.02 Å². The van der Waals surface area contributed by atoms with Gasteiger partial charge in [-0.3, -0.25) is 4.79 Å². The SMILES string of the molecule is COc1cc(/C=N/NC(=O)C(O)c2ccccc2)ccc1OC(=O)c1ccccc1Cl. The smallest absolute Gasteiger partial charge is 0.345 e. The lowest BCUT2D eigenvalue weighted by molar-refractivity contribution is -0.129. The minimum absolute atomic E-state index is 0.202. The molecule has 0 saturated heterocycles. The van der Waals surface area contributed by atoms with Crippen LogP contribution in [0, 0.1) is 0 Å². The van der Waals surface area contributed by atoms with Crippen LogP contribution in [-0.4, -0.2) is 30.3 Å². The Kier molecular flexibility index (Phi) is 7.37. The first-order valence-corrected chi connectivity index (χ1v) is 9.58. The maximum atomic E-state index is 12.4. The first-order chi connectivity index (χ1) is 15.0. The van der Waals surface area contributed by atoms with Gasteiger partial charge in [-0.1, -0.05) is 54.1 Å². The number of carbonyl (C=O) groups excluding carboxylic acids is 2. The fraction of sp³-hybridized carbons (Fsp3) is 0.0870. The average Bonchev–Trinajstić information content (AvgIpc) is 2.80. The molecule has 31 heavy (non-hydrogen) atoms. The number of rotatable bonds is 7. The third kappa shape index (κ3) is 5.69. The fourth-order valence-electron chi connectivity index (χ4n) is 2.65. The molecule has 3 aromatic rings. The van der Waals surface area contributed by atoms with E-state index >= 15 is 0 Å². The summed E-state index contributed by atoms with van der Waals surface area (Å²) in [5.74, 6) is -0.791. The van der Waals surface area contributed by atoms with Crippen molar-refractivity contribution in [1.29, 1.82) is 0 Å². The minimum Gasteiger partial charge on any atom is -0.493 e. The lowest BCUT2D eigenvalue weighted by Crippen LogP contribution is -2.25. The summed E-state index contributed by atoms with van der Waals surface area (Å²) in [6, 6.07) is 19.8. The molecule has 1 amide bonds. The van der Waals surface area contributed by atoms with Gasteiger partial charge >= 0.3 is 5.97 Å². The highest BCUT2D eigenvalue weighted by atomic mass is 35.5. The molecule has 0 heterocycles. The number of hydrogen-bond acceptors (Lipinski definition) is 6. The van der Waals surface area contributed by atoms with E-state index in [1.54, 1.807) is 66.7 Å². The molecule has 7 nitrogen and oxygen atoms in total. The summed E-state index contributed by atoms with van der Waals surface area (Å²) in [5.41, 5.74) is 3.55. The van der Waals surface area contributed by atoms with Crippen molar-refractivity contribution in [3.8, 4) is 11.5 Å². The van der Waals surface area contributed by atoms with Crippen molar-refractivity contribution >= 4 is 29.7 Å². The zero-order chi connectivity index (χ0) is 22.2. The lowest BCUT2D eigenvalue weighted by Gasteiger charge is -2.11. The molecule has 0 bridgehead atoms. The summed E-state index contributed by atoms with van der Waals surface area (Å²) in [7, 11) is 1.43. The molecule has 3 aromatic carbocycles. The molecule has 2 N–H and O–H groups in total. The second-order valence-electron chi connectivity index (χ2n) is 6.33. The number of carbonyl (C=O) groups is 2. The number of methoxy groups -OCH3 is 1. The molecule has 8 heteroatoms. The van der Waals surface area contributed by atoms with Crippen molar-refractivity contribution in [3.63, 3.8) is 0 Å². The molecular formula is C23H19ClN2O5. The van der Waals surface area contributed by atoms with E-state index in [1.807, 2.05) is 0 Å². The van der Waals surface area contributed by atoms with Gasteiger partial charge in [-0.25, -0.2) is 10.2 Å². The quantitative estimate of drug-likeness (QED) is 0.253.